The number of hydrogen-bond donors (Lipinski definition) is 1. The lowest BCUT2D eigenvalue weighted by atomic mass is 10.1. The molecule has 1 atom stereocenters. The molecule has 0 aromatic heterocycles. The summed E-state index contributed by atoms with van der Waals surface area (Å²) in [4.78, 5) is 27.1. The van der Waals surface area contributed by atoms with Crippen LogP contribution < -0.4 is 4.90 Å². The first-order valence-corrected chi connectivity index (χ1v) is 8.44. The molecule has 6 heteroatoms. The van der Waals surface area contributed by atoms with Crippen molar-refractivity contribution in [2.24, 2.45) is 0 Å². The molecule has 2 aromatic carbocycles. The number of rotatable bonds is 5. The van der Waals surface area contributed by atoms with E-state index in [-0.39, 0.29) is 11.8 Å². The molecule has 4 nitrogen and oxygen atoms in total. The lowest BCUT2D eigenvalue weighted by Gasteiger charge is -2.19. The van der Waals surface area contributed by atoms with E-state index in [1.807, 2.05) is 19.2 Å². The minimum atomic E-state index is -0.218. The summed E-state index contributed by atoms with van der Waals surface area (Å²) in [7, 11) is 2.00. The van der Waals surface area contributed by atoms with Crippen LogP contribution in [0.15, 0.2) is 42.5 Å². The normalized spacial score (nSPS) is 14.9. The maximum absolute atomic E-state index is 12.3. The molecule has 1 unspecified atom stereocenters. The monoisotopic (exact) mass is 363 g/mol. The van der Waals surface area contributed by atoms with Gasteiger partial charge >= 0.3 is 0 Å². The number of carbonyl (C=O) groups excluding carboxylic acids is 2. The van der Waals surface area contributed by atoms with Crippen molar-refractivity contribution in [2.45, 2.75) is 6.54 Å². The summed E-state index contributed by atoms with van der Waals surface area (Å²) in [5.41, 5.74) is 1.92. The van der Waals surface area contributed by atoms with E-state index < -0.39 is 0 Å². The summed E-state index contributed by atoms with van der Waals surface area (Å²) in [5, 5.41) is 1.08. The van der Waals surface area contributed by atoms with Crippen LogP contribution >= 0.6 is 23.2 Å². The van der Waals surface area contributed by atoms with E-state index in [2.05, 4.69) is 0 Å². The number of amides is 2. The third-order valence-electron chi connectivity index (χ3n) is 4.16. The van der Waals surface area contributed by atoms with Gasteiger partial charge in [0.2, 0.25) is 0 Å². The Kier molecular flexibility index (Phi) is 4.90. The summed E-state index contributed by atoms with van der Waals surface area (Å²) < 4.78 is 0. The van der Waals surface area contributed by atoms with Crippen LogP contribution in [0.5, 0.6) is 0 Å². The minimum absolute atomic E-state index is 0.218. The van der Waals surface area contributed by atoms with Crippen LogP contribution in [0.25, 0.3) is 0 Å². The molecular weight excluding hydrogens is 347 g/mol. The van der Waals surface area contributed by atoms with E-state index in [0.717, 1.165) is 10.5 Å². The van der Waals surface area contributed by atoms with Crippen LogP contribution in [0.4, 0.5) is 0 Å². The van der Waals surface area contributed by atoms with Gasteiger partial charge in [0.05, 0.1) is 41.3 Å². The number of benzene rings is 2. The Labute approximate surface area is 150 Å². The van der Waals surface area contributed by atoms with Crippen molar-refractivity contribution >= 4 is 35.0 Å². The number of halogens is 2. The third kappa shape index (κ3) is 3.18. The highest BCUT2D eigenvalue weighted by Gasteiger charge is 2.35. The van der Waals surface area contributed by atoms with Gasteiger partial charge in [0.1, 0.15) is 6.54 Å². The summed E-state index contributed by atoms with van der Waals surface area (Å²) >= 11 is 12.2. The summed E-state index contributed by atoms with van der Waals surface area (Å²) in [6.45, 7) is 1.67. The van der Waals surface area contributed by atoms with Gasteiger partial charge in [-0.3, -0.25) is 14.5 Å². The zero-order valence-corrected chi connectivity index (χ0v) is 14.7. The topological polar surface area (TPSA) is 41.8 Å². The van der Waals surface area contributed by atoms with Crippen LogP contribution in [-0.4, -0.2) is 36.9 Å². The summed E-state index contributed by atoms with van der Waals surface area (Å²) in [6.07, 6.45) is 0. The van der Waals surface area contributed by atoms with Crippen molar-refractivity contribution in [3.63, 3.8) is 0 Å². The number of carbonyl (C=O) groups is 2. The minimum Gasteiger partial charge on any atom is -0.332 e. The predicted octanol–water partition coefficient (Wildman–Crippen LogP) is 2.30. The first-order chi connectivity index (χ1) is 11.5. The SMILES string of the molecule is C[NH+](CCN1C(=O)c2ccccc2C1=O)Cc1cccc(Cl)c1Cl. The zero-order chi connectivity index (χ0) is 17.3. The highest BCUT2D eigenvalue weighted by molar-refractivity contribution is 6.42. The van der Waals surface area contributed by atoms with Crippen LogP contribution in [-0.2, 0) is 6.54 Å². The molecule has 0 saturated carbocycles. The molecule has 24 heavy (non-hydrogen) atoms. The average molecular weight is 364 g/mol. The number of imide groups is 1. The predicted molar refractivity (Wildman–Crippen MR) is 93.7 cm³/mol. The van der Waals surface area contributed by atoms with Gasteiger partial charge in [-0.05, 0) is 18.2 Å². The maximum Gasteiger partial charge on any atom is 0.261 e. The van der Waals surface area contributed by atoms with Gasteiger partial charge in [-0.1, -0.05) is 47.5 Å². The van der Waals surface area contributed by atoms with Crippen molar-refractivity contribution in [3.05, 3.63) is 69.2 Å². The van der Waals surface area contributed by atoms with Crippen molar-refractivity contribution in [2.75, 3.05) is 20.1 Å². The molecule has 2 amide bonds. The second-order valence-corrected chi connectivity index (χ2v) is 6.69. The number of quaternary nitrogens is 1. The standard InChI is InChI=1S/C18H16Cl2N2O2/c1-21(11-12-5-4-8-15(19)16(12)20)9-10-22-17(23)13-6-2-3-7-14(13)18(22)24/h2-8H,9-11H2,1H3/p+1. The highest BCUT2D eigenvalue weighted by atomic mass is 35.5. The van der Waals surface area contributed by atoms with Crippen LogP contribution in [0.3, 0.4) is 0 Å². The van der Waals surface area contributed by atoms with Crippen LogP contribution in [0.2, 0.25) is 10.0 Å². The molecule has 0 bridgehead atoms. The largest absolute Gasteiger partial charge is 0.332 e. The lowest BCUT2D eigenvalue weighted by Crippen LogP contribution is -3.08. The molecule has 0 saturated heterocycles. The molecule has 1 heterocycles. The molecule has 0 radical (unpaired) electrons. The van der Waals surface area contributed by atoms with Crippen LogP contribution in [0, 0.1) is 0 Å². The Bertz CT molecular complexity index is 772. The number of hydrogen-bond acceptors (Lipinski definition) is 2. The van der Waals surface area contributed by atoms with E-state index in [4.69, 9.17) is 23.2 Å². The van der Waals surface area contributed by atoms with Crippen molar-refractivity contribution < 1.29 is 14.5 Å². The first-order valence-electron chi connectivity index (χ1n) is 7.68. The van der Waals surface area contributed by atoms with E-state index >= 15 is 0 Å². The molecule has 0 spiro atoms. The second-order valence-electron chi connectivity index (χ2n) is 5.90. The number of nitrogens with zero attached hydrogens (tertiary/aromatic N) is 1. The Morgan fingerprint density at radius 2 is 1.58 bits per heavy atom. The Hall–Kier alpha value is -1.88. The summed E-state index contributed by atoms with van der Waals surface area (Å²) in [5.74, 6) is -0.437. The molecule has 124 valence electrons. The number of nitrogens with one attached hydrogen (secondary N) is 1. The Morgan fingerprint density at radius 1 is 0.958 bits per heavy atom. The van der Waals surface area contributed by atoms with Gasteiger partial charge in [-0.25, -0.2) is 0 Å². The van der Waals surface area contributed by atoms with E-state index in [1.54, 1.807) is 30.3 Å². The molecule has 1 aliphatic rings. The number of fused-ring (bicyclic) bond motifs is 1. The van der Waals surface area contributed by atoms with E-state index in [0.29, 0.717) is 40.8 Å². The fourth-order valence-corrected chi connectivity index (χ4v) is 3.23. The Morgan fingerprint density at radius 3 is 2.21 bits per heavy atom. The van der Waals surface area contributed by atoms with Crippen molar-refractivity contribution in [3.8, 4) is 0 Å². The highest BCUT2D eigenvalue weighted by Crippen LogP contribution is 2.25. The maximum atomic E-state index is 12.3. The van der Waals surface area contributed by atoms with Gasteiger partial charge in [-0.15, -0.1) is 0 Å². The Balaban J connectivity index is 1.63. The second kappa shape index (κ2) is 6.93. The molecule has 0 aliphatic carbocycles. The quantitative estimate of drug-likeness (QED) is 0.828. The molecular formula is C18H17Cl2N2O2+. The fourth-order valence-electron chi connectivity index (χ4n) is 2.84. The molecule has 2 aromatic rings. The van der Waals surface area contributed by atoms with E-state index in [1.165, 1.54) is 4.90 Å². The van der Waals surface area contributed by atoms with Crippen LogP contribution in [0.1, 0.15) is 26.3 Å². The van der Waals surface area contributed by atoms with Gasteiger partial charge in [0.25, 0.3) is 11.8 Å². The molecule has 0 fully saturated rings. The van der Waals surface area contributed by atoms with Gasteiger partial charge < -0.3 is 4.90 Å². The zero-order valence-electron chi connectivity index (χ0n) is 13.2. The molecule has 1 aliphatic heterocycles. The molecule has 3 rings (SSSR count). The van der Waals surface area contributed by atoms with Gasteiger partial charge in [-0.2, -0.15) is 0 Å². The third-order valence-corrected chi connectivity index (χ3v) is 5.02. The number of likely N-dealkylation sites (N-methyl/N-ethyl adjacent to an activating group) is 1. The van der Waals surface area contributed by atoms with Gasteiger partial charge in [0, 0.05) is 5.56 Å². The van der Waals surface area contributed by atoms with Crippen molar-refractivity contribution in [1.82, 2.24) is 4.90 Å². The van der Waals surface area contributed by atoms with Crippen molar-refractivity contribution in [1.29, 1.82) is 0 Å². The smallest absolute Gasteiger partial charge is 0.261 e. The first kappa shape index (κ1) is 17.0. The summed E-state index contributed by atoms with van der Waals surface area (Å²) in [6, 6.07) is 12.5. The van der Waals surface area contributed by atoms with E-state index in [9.17, 15) is 9.59 Å². The molecule has 1 N–H and O–H groups in total. The fraction of sp³-hybridized carbons (Fsp3) is 0.222. The lowest BCUT2D eigenvalue weighted by molar-refractivity contribution is -0.892. The van der Waals surface area contributed by atoms with Gasteiger partial charge in [0.15, 0.2) is 0 Å². The average Bonchev–Trinajstić information content (AvgIpc) is 2.82.